The number of anilines is 1. The van der Waals surface area contributed by atoms with E-state index in [9.17, 15) is 18.0 Å². The van der Waals surface area contributed by atoms with Crippen molar-refractivity contribution in [1.29, 1.82) is 0 Å². The van der Waals surface area contributed by atoms with Crippen LogP contribution in [-0.2, 0) is 11.0 Å². The molecule has 7 heteroatoms. The molecule has 1 amide bonds. The van der Waals surface area contributed by atoms with E-state index in [4.69, 9.17) is 4.74 Å². The molecule has 1 aliphatic rings. The standard InChI is InChI=1S/C19H19F3N2O2/c20-19(21,22)15-5-4-8-17(13-15)26-14-18(25)24-11-9-23(10-12-24)16-6-2-1-3-7-16/h1-8,13H,9-12,14H2. The van der Waals surface area contributed by atoms with Crippen LogP contribution in [0.15, 0.2) is 54.6 Å². The van der Waals surface area contributed by atoms with Crippen molar-refractivity contribution in [2.24, 2.45) is 0 Å². The lowest BCUT2D eigenvalue weighted by molar-refractivity contribution is -0.137. The first-order valence-corrected chi connectivity index (χ1v) is 8.31. The lowest BCUT2D eigenvalue weighted by Crippen LogP contribution is -2.50. The van der Waals surface area contributed by atoms with E-state index in [-0.39, 0.29) is 18.3 Å². The fourth-order valence-electron chi connectivity index (χ4n) is 2.85. The number of carbonyl (C=O) groups excluding carboxylic acids is 1. The third kappa shape index (κ3) is 4.47. The molecular weight excluding hydrogens is 345 g/mol. The Balaban J connectivity index is 1.51. The van der Waals surface area contributed by atoms with E-state index in [1.165, 1.54) is 12.1 Å². The Labute approximate surface area is 149 Å². The number of halogens is 3. The maximum absolute atomic E-state index is 12.7. The first-order chi connectivity index (χ1) is 12.4. The van der Waals surface area contributed by atoms with Gasteiger partial charge in [-0.1, -0.05) is 24.3 Å². The molecule has 2 aromatic rings. The van der Waals surface area contributed by atoms with Crippen molar-refractivity contribution in [3.63, 3.8) is 0 Å². The van der Waals surface area contributed by atoms with Crippen LogP contribution in [0.1, 0.15) is 5.56 Å². The SMILES string of the molecule is O=C(COc1cccc(C(F)(F)F)c1)N1CCN(c2ccccc2)CC1. The lowest BCUT2D eigenvalue weighted by atomic mass is 10.2. The predicted molar refractivity (Wildman–Crippen MR) is 92.2 cm³/mol. The smallest absolute Gasteiger partial charge is 0.416 e. The molecule has 0 spiro atoms. The van der Waals surface area contributed by atoms with E-state index in [0.717, 1.165) is 17.8 Å². The average Bonchev–Trinajstić information content (AvgIpc) is 2.66. The molecule has 0 bridgehead atoms. The maximum atomic E-state index is 12.7. The molecule has 1 aliphatic heterocycles. The number of amides is 1. The van der Waals surface area contributed by atoms with E-state index < -0.39 is 11.7 Å². The highest BCUT2D eigenvalue weighted by molar-refractivity contribution is 5.78. The molecule has 0 N–H and O–H groups in total. The van der Waals surface area contributed by atoms with Gasteiger partial charge in [-0.3, -0.25) is 4.79 Å². The number of rotatable bonds is 4. The molecule has 0 radical (unpaired) electrons. The van der Waals surface area contributed by atoms with E-state index in [1.54, 1.807) is 4.90 Å². The van der Waals surface area contributed by atoms with Crippen molar-refractivity contribution in [1.82, 2.24) is 4.90 Å². The molecule has 0 aliphatic carbocycles. The highest BCUT2D eigenvalue weighted by atomic mass is 19.4. The van der Waals surface area contributed by atoms with E-state index in [0.29, 0.717) is 26.2 Å². The third-order valence-corrected chi connectivity index (χ3v) is 4.28. The largest absolute Gasteiger partial charge is 0.484 e. The zero-order valence-electron chi connectivity index (χ0n) is 14.1. The highest BCUT2D eigenvalue weighted by Crippen LogP contribution is 2.31. The maximum Gasteiger partial charge on any atom is 0.416 e. The molecule has 26 heavy (non-hydrogen) atoms. The van der Waals surface area contributed by atoms with Crippen LogP contribution in [0.4, 0.5) is 18.9 Å². The summed E-state index contributed by atoms with van der Waals surface area (Å²) in [5, 5.41) is 0. The number of alkyl halides is 3. The summed E-state index contributed by atoms with van der Waals surface area (Å²) in [7, 11) is 0. The van der Waals surface area contributed by atoms with Crippen molar-refractivity contribution < 1.29 is 22.7 Å². The van der Waals surface area contributed by atoms with Crippen LogP contribution in [0.2, 0.25) is 0 Å². The van der Waals surface area contributed by atoms with Gasteiger partial charge in [0.25, 0.3) is 5.91 Å². The summed E-state index contributed by atoms with van der Waals surface area (Å²) in [4.78, 5) is 16.1. The number of carbonyl (C=O) groups is 1. The van der Waals surface area contributed by atoms with E-state index in [1.807, 2.05) is 30.3 Å². The van der Waals surface area contributed by atoms with E-state index >= 15 is 0 Å². The van der Waals surface area contributed by atoms with Gasteiger partial charge < -0.3 is 14.5 Å². The number of benzene rings is 2. The minimum atomic E-state index is -4.43. The van der Waals surface area contributed by atoms with Gasteiger partial charge in [-0.25, -0.2) is 0 Å². The summed E-state index contributed by atoms with van der Waals surface area (Å²) >= 11 is 0. The summed E-state index contributed by atoms with van der Waals surface area (Å²) in [6.45, 7) is 2.25. The summed E-state index contributed by atoms with van der Waals surface area (Å²) in [6, 6.07) is 14.5. The fraction of sp³-hybridized carbons (Fsp3) is 0.316. The second kappa shape index (κ2) is 7.68. The third-order valence-electron chi connectivity index (χ3n) is 4.28. The molecule has 138 valence electrons. The highest BCUT2D eigenvalue weighted by Gasteiger charge is 2.30. The Hall–Kier alpha value is -2.70. The topological polar surface area (TPSA) is 32.8 Å². The molecule has 1 saturated heterocycles. The molecule has 0 saturated carbocycles. The number of hydrogen-bond donors (Lipinski definition) is 0. The number of ether oxygens (including phenoxy) is 1. The van der Waals surface area contributed by atoms with Gasteiger partial charge >= 0.3 is 6.18 Å². The Morgan fingerprint density at radius 2 is 1.65 bits per heavy atom. The van der Waals surface area contributed by atoms with Crippen LogP contribution < -0.4 is 9.64 Å². The number of hydrogen-bond acceptors (Lipinski definition) is 3. The van der Waals surface area contributed by atoms with Crippen LogP contribution in [0, 0.1) is 0 Å². The summed E-state index contributed by atoms with van der Waals surface area (Å²) in [5.41, 5.74) is 0.318. The van der Waals surface area contributed by atoms with Gasteiger partial charge in [0.2, 0.25) is 0 Å². The predicted octanol–water partition coefficient (Wildman–Crippen LogP) is 3.43. The number of piperazine rings is 1. The Morgan fingerprint density at radius 3 is 2.31 bits per heavy atom. The van der Waals surface area contributed by atoms with Crippen LogP contribution >= 0.6 is 0 Å². The quantitative estimate of drug-likeness (QED) is 0.833. The second-order valence-corrected chi connectivity index (χ2v) is 6.02. The number of para-hydroxylation sites is 1. The first kappa shape index (κ1) is 18.1. The molecule has 0 atom stereocenters. The van der Waals surface area contributed by atoms with Crippen LogP contribution in [0.25, 0.3) is 0 Å². The van der Waals surface area contributed by atoms with Gasteiger partial charge in [0, 0.05) is 31.9 Å². The molecule has 0 unspecified atom stereocenters. The average molecular weight is 364 g/mol. The van der Waals surface area contributed by atoms with Crippen LogP contribution in [-0.4, -0.2) is 43.6 Å². The zero-order chi connectivity index (χ0) is 18.6. The fourth-order valence-corrected chi connectivity index (χ4v) is 2.85. The Bertz CT molecular complexity index is 742. The van der Waals surface area contributed by atoms with Crippen molar-refractivity contribution in [3.05, 3.63) is 60.2 Å². The molecule has 0 aromatic heterocycles. The normalized spacial score (nSPS) is 15.0. The lowest BCUT2D eigenvalue weighted by Gasteiger charge is -2.36. The molecule has 1 heterocycles. The van der Waals surface area contributed by atoms with E-state index in [2.05, 4.69) is 4.90 Å². The van der Waals surface area contributed by atoms with Gasteiger partial charge in [-0.15, -0.1) is 0 Å². The summed E-state index contributed by atoms with van der Waals surface area (Å²) in [5.74, 6) is -0.189. The van der Waals surface area contributed by atoms with Gasteiger partial charge in [0.1, 0.15) is 5.75 Å². The monoisotopic (exact) mass is 364 g/mol. The van der Waals surface area contributed by atoms with Gasteiger partial charge in [0.15, 0.2) is 6.61 Å². The van der Waals surface area contributed by atoms with Crippen LogP contribution in [0.5, 0.6) is 5.75 Å². The second-order valence-electron chi connectivity index (χ2n) is 6.02. The summed E-state index contributed by atoms with van der Waals surface area (Å²) in [6.07, 6.45) is -4.43. The van der Waals surface area contributed by atoms with Gasteiger partial charge in [-0.05, 0) is 30.3 Å². The molecular formula is C19H19F3N2O2. The Kier molecular flexibility index (Phi) is 5.35. The molecule has 1 fully saturated rings. The molecule has 4 nitrogen and oxygen atoms in total. The Morgan fingerprint density at radius 1 is 0.962 bits per heavy atom. The van der Waals surface area contributed by atoms with Crippen molar-refractivity contribution in [2.75, 3.05) is 37.7 Å². The van der Waals surface area contributed by atoms with Crippen molar-refractivity contribution in [2.45, 2.75) is 6.18 Å². The first-order valence-electron chi connectivity index (χ1n) is 8.31. The molecule has 3 rings (SSSR count). The van der Waals surface area contributed by atoms with Gasteiger partial charge in [-0.2, -0.15) is 13.2 Å². The van der Waals surface area contributed by atoms with Crippen molar-refractivity contribution >= 4 is 11.6 Å². The number of nitrogens with zero attached hydrogens (tertiary/aromatic N) is 2. The molecule has 2 aromatic carbocycles. The summed E-state index contributed by atoms with van der Waals surface area (Å²) < 4.78 is 43.4. The van der Waals surface area contributed by atoms with Crippen LogP contribution in [0.3, 0.4) is 0 Å². The minimum absolute atomic E-state index is 0.0381. The minimum Gasteiger partial charge on any atom is -0.484 e. The van der Waals surface area contributed by atoms with Gasteiger partial charge in [0.05, 0.1) is 5.56 Å². The van der Waals surface area contributed by atoms with Crippen molar-refractivity contribution in [3.8, 4) is 5.75 Å². The zero-order valence-corrected chi connectivity index (χ0v) is 14.1.